The van der Waals surface area contributed by atoms with Gasteiger partial charge in [0.2, 0.25) is 0 Å². The van der Waals surface area contributed by atoms with Crippen molar-refractivity contribution in [2.75, 3.05) is 0 Å². The fourth-order valence-corrected chi connectivity index (χ4v) is 2.36. The largest absolute Gasteiger partial charge is 0.278 e. The van der Waals surface area contributed by atoms with Crippen LogP contribution in [-0.2, 0) is 0 Å². The second-order valence-electron chi connectivity index (χ2n) is 3.26. The van der Waals surface area contributed by atoms with Crippen molar-refractivity contribution in [1.82, 2.24) is 0 Å². The maximum absolute atomic E-state index is 6.07. The van der Waals surface area contributed by atoms with Crippen LogP contribution in [-0.4, -0.2) is 0 Å². The lowest BCUT2D eigenvalue weighted by atomic mass is 10.2. The molecule has 2 rings (SSSR count). The highest BCUT2D eigenvalue weighted by Crippen LogP contribution is 2.36. The fourth-order valence-electron chi connectivity index (χ4n) is 1.31. The van der Waals surface area contributed by atoms with Crippen molar-refractivity contribution in [2.45, 2.75) is 4.90 Å². The molecule has 0 saturated heterocycles. The molecule has 0 radical (unpaired) electrons. The van der Waals surface area contributed by atoms with Crippen LogP contribution in [0.25, 0.3) is 4.91 Å². The number of benzene rings is 2. The first-order chi connectivity index (χ1) is 7.77. The van der Waals surface area contributed by atoms with E-state index in [9.17, 15) is 0 Å². The van der Waals surface area contributed by atoms with Crippen LogP contribution in [0.5, 0.6) is 0 Å². The minimum absolute atomic E-state index is 0.728. The third-order valence-corrected chi connectivity index (χ3v) is 3.59. The molecule has 0 fully saturated rings. The van der Waals surface area contributed by atoms with Gasteiger partial charge in [-0.25, -0.2) is 0 Å². The molecule has 0 atom stereocenters. The summed E-state index contributed by atoms with van der Waals surface area (Å²) in [7, 11) is 0. The van der Waals surface area contributed by atoms with E-state index in [2.05, 4.69) is 0 Å². The lowest BCUT2D eigenvalue weighted by Gasteiger charge is -2.14. The molecule has 0 bridgehead atoms. The Morgan fingerprint density at radius 1 is 0.938 bits per heavy atom. The van der Waals surface area contributed by atoms with E-state index >= 15 is 0 Å². The molecule has 16 heavy (non-hydrogen) atoms. The number of rotatable bonds is 3. The van der Waals surface area contributed by atoms with Crippen LogP contribution in [0.4, 0.5) is 0 Å². The van der Waals surface area contributed by atoms with Crippen molar-refractivity contribution in [3.63, 3.8) is 0 Å². The summed E-state index contributed by atoms with van der Waals surface area (Å²) in [4.78, 5) is 1.74. The zero-order chi connectivity index (χ0) is 11.4. The molecule has 2 heteroatoms. The van der Waals surface area contributed by atoms with Crippen LogP contribution in [0, 0.1) is 6.58 Å². The number of halogens is 1. The topological polar surface area (TPSA) is 0 Å². The predicted molar refractivity (Wildman–Crippen MR) is 71.5 cm³/mol. The zero-order valence-electron chi connectivity index (χ0n) is 8.56. The van der Waals surface area contributed by atoms with Crippen molar-refractivity contribution < 1.29 is 0 Å². The van der Waals surface area contributed by atoms with Gasteiger partial charge >= 0.3 is 0 Å². The summed E-state index contributed by atoms with van der Waals surface area (Å²) in [5, 5.41) is 0.728. The van der Waals surface area contributed by atoms with Gasteiger partial charge in [-0.3, -0.25) is 6.58 Å². The van der Waals surface area contributed by atoms with Crippen LogP contribution in [0.1, 0.15) is 5.56 Å². The second-order valence-corrected chi connectivity index (χ2v) is 4.75. The quantitative estimate of drug-likeness (QED) is 0.547. The van der Waals surface area contributed by atoms with Gasteiger partial charge in [-0.2, -0.15) is 10.5 Å². The standard InChI is InChI=1S/C14H10ClS/c1-11(12-7-3-2-4-8-12)16-14-10-6-5-9-13(14)15/h1-10H/q-1. The Bertz CT molecular complexity index is 491. The van der Waals surface area contributed by atoms with E-state index in [1.165, 1.54) is 11.8 Å². The third-order valence-electron chi connectivity index (χ3n) is 2.11. The minimum atomic E-state index is 0.728. The smallest absolute Gasteiger partial charge is 0.0544 e. The highest BCUT2D eigenvalue weighted by atomic mass is 35.5. The fraction of sp³-hybridized carbons (Fsp3) is 0. The number of hydrogen-bond donors (Lipinski definition) is 0. The van der Waals surface area contributed by atoms with Crippen LogP contribution in [0.2, 0.25) is 5.02 Å². The maximum Gasteiger partial charge on any atom is 0.0544 e. The molecule has 0 amide bonds. The van der Waals surface area contributed by atoms with Crippen molar-refractivity contribution in [3.05, 3.63) is 71.8 Å². The van der Waals surface area contributed by atoms with E-state index in [0.29, 0.717) is 0 Å². The Labute approximate surface area is 105 Å². The van der Waals surface area contributed by atoms with Gasteiger partial charge < -0.3 is 0 Å². The lowest BCUT2D eigenvalue weighted by molar-refractivity contribution is 1.47. The Morgan fingerprint density at radius 3 is 2.25 bits per heavy atom. The van der Waals surface area contributed by atoms with Gasteiger partial charge in [0.25, 0.3) is 0 Å². The van der Waals surface area contributed by atoms with E-state index in [1.54, 1.807) is 0 Å². The second kappa shape index (κ2) is 5.24. The Morgan fingerprint density at radius 2 is 1.56 bits per heavy atom. The van der Waals surface area contributed by atoms with Crippen LogP contribution in [0.3, 0.4) is 0 Å². The Kier molecular flexibility index (Phi) is 3.70. The molecule has 0 aliphatic rings. The molecule has 0 unspecified atom stereocenters. The number of hydrogen-bond acceptors (Lipinski definition) is 1. The van der Waals surface area contributed by atoms with E-state index in [1.807, 2.05) is 54.6 Å². The summed E-state index contributed by atoms with van der Waals surface area (Å²) in [5.41, 5.74) is 1.02. The summed E-state index contributed by atoms with van der Waals surface area (Å²) < 4.78 is 0. The SMILES string of the molecule is [CH-]=C(Sc1ccccc1Cl)c1ccccc1. The van der Waals surface area contributed by atoms with E-state index in [0.717, 1.165) is 20.4 Å². The first kappa shape index (κ1) is 11.3. The van der Waals surface area contributed by atoms with Crippen molar-refractivity contribution in [1.29, 1.82) is 0 Å². The van der Waals surface area contributed by atoms with Gasteiger partial charge in [0.15, 0.2) is 0 Å². The van der Waals surface area contributed by atoms with Crippen LogP contribution >= 0.6 is 23.4 Å². The summed E-state index contributed by atoms with van der Waals surface area (Å²) in [6.45, 7) is 6.02. The predicted octanol–water partition coefficient (Wildman–Crippen LogP) is 4.91. The van der Waals surface area contributed by atoms with E-state index in [-0.39, 0.29) is 0 Å². The molecule has 0 aliphatic heterocycles. The molecule has 2 aromatic carbocycles. The van der Waals surface area contributed by atoms with Gasteiger partial charge in [-0.15, -0.1) is 23.9 Å². The van der Waals surface area contributed by atoms with Crippen LogP contribution < -0.4 is 0 Å². The van der Waals surface area contributed by atoms with Gasteiger partial charge in [0.05, 0.1) is 5.02 Å². The monoisotopic (exact) mass is 245 g/mol. The summed E-state index contributed by atoms with van der Waals surface area (Å²) in [6.07, 6.45) is 0. The highest BCUT2D eigenvalue weighted by Gasteiger charge is 1.98. The van der Waals surface area contributed by atoms with Crippen molar-refractivity contribution in [2.24, 2.45) is 0 Å². The number of thioether (sulfide) groups is 1. The molecule has 0 saturated carbocycles. The third kappa shape index (κ3) is 2.69. The van der Waals surface area contributed by atoms with E-state index in [4.69, 9.17) is 18.2 Å². The first-order valence-corrected chi connectivity index (χ1v) is 6.07. The Balaban J connectivity index is 2.18. The van der Waals surface area contributed by atoms with Crippen molar-refractivity contribution in [3.8, 4) is 0 Å². The average molecular weight is 246 g/mol. The minimum Gasteiger partial charge on any atom is -0.278 e. The molecule has 0 nitrogen and oxygen atoms in total. The molecule has 0 heterocycles. The van der Waals surface area contributed by atoms with Gasteiger partial charge in [0, 0.05) is 4.90 Å². The maximum atomic E-state index is 6.07. The van der Waals surface area contributed by atoms with Gasteiger partial charge in [-0.1, -0.05) is 41.9 Å². The summed E-state index contributed by atoms with van der Waals surface area (Å²) in [6, 6.07) is 17.6. The Hall–Kier alpha value is -1.18. The zero-order valence-corrected chi connectivity index (χ0v) is 10.1. The summed E-state index contributed by atoms with van der Waals surface area (Å²) >= 11 is 7.55. The molecule has 0 aromatic heterocycles. The summed E-state index contributed by atoms with van der Waals surface area (Å²) in [5.74, 6) is 0. The lowest BCUT2D eigenvalue weighted by Crippen LogP contribution is -1.78. The first-order valence-electron chi connectivity index (χ1n) is 4.87. The normalized spacial score (nSPS) is 10.1. The highest BCUT2D eigenvalue weighted by molar-refractivity contribution is 8.08. The average Bonchev–Trinajstić information content (AvgIpc) is 2.33. The van der Waals surface area contributed by atoms with E-state index < -0.39 is 0 Å². The molecule has 0 aliphatic carbocycles. The van der Waals surface area contributed by atoms with Gasteiger partial charge in [-0.05, 0) is 12.1 Å². The molecule has 0 N–H and O–H groups in total. The molecular formula is C14H10ClS-. The molecule has 0 spiro atoms. The molecular weight excluding hydrogens is 236 g/mol. The van der Waals surface area contributed by atoms with Crippen LogP contribution in [0.15, 0.2) is 59.5 Å². The van der Waals surface area contributed by atoms with Gasteiger partial charge in [0.1, 0.15) is 0 Å². The molecule has 2 aromatic rings. The van der Waals surface area contributed by atoms with Crippen molar-refractivity contribution >= 4 is 28.3 Å². The molecule has 80 valence electrons.